The second-order valence-corrected chi connectivity index (χ2v) is 2.21. The Kier molecular flexibility index (Phi) is 2.20. The molecule has 0 aromatic carbocycles. The van der Waals surface area contributed by atoms with Gasteiger partial charge in [-0.1, -0.05) is 6.08 Å². The zero-order valence-electron chi connectivity index (χ0n) is 5.76. The average molecular weight is 138 g/mol. The first-order valence-electron chi connectivity index (χ1n) is 3.28. The van der Waals surface area contributed by atoms with Crippen LogP contribution >= 0.6 is 0 Å². The minimum absolute atomic E-state index is 0.00723. The molecule has 1 heterocycles. The summed E-state index contributed by atoms with van der Waals surface area (Å²) < 4.78 is 0. The number of amides is 1. The molecule has 1 aliphatic heterocycles. The van der Waals surface area contributed by atoms with Crippen molar-refractivity contribution in [1.29, 1.82) is 0 Å². The van der Waals surface area contributed by atoms with Gasteiger partial charge < -0.3 is 0 Å². The van der Waals surface area contributed by atoms with Crippen molar-refractivity contribution in [2.75, 3.05) is 0 Å². The molecule has 1 rings (SSSR count). The Hall–Kier alpha value is -1.12. The molecule has 0 spiro atoms. The van der Waals surface area contributed by atoms with E-state index in [-0.39, 0.29) is 5.91 Å². The van der Waals surface area contributed by atoms with E-state index in [2.05, 4.69) is 17.1 Å². The average Bonchev–Trinajstić information content (AvgIpc) is 1.95. The lowest BCUT2D eigenvalue weighted by Crippen LogP contribution is -2.25. The van der Waals surface area contributed by atoms with Gasteiger partial charge in [0.25, 0.3) is 0 Å². The van der Waals surface area contributed by atoms with Crippen molar-refractivity contribution in [1.82, 2.24) is 5.43 Å². The predicted molar refractivity (Wildman–Crippen MR) is 39.6 cm³/mol. The normalized spacial score (nSPS) is 17.6. The van der Waals surface area contributed by atoms with Gasteiger partial charge in [-0.3, -0.25) is 4.79 Å². The summed E-state index contributed by atoms with van der Waals surface area (Å²) in [6.45, 7) is 3.58. The Bertz CT molecular complexity index is 184. The second kappa shape index (κ2) is 3.15. The van der Waals surface area contributed by atoms with E-state index in [0.29, 0.717) is 6.42 Å². The van der Waals surface area contributed by atoms with Gasteiger partial charge in [-0.15, -0.1) is 6.58 Å². The number of rotatable bonds is 2. The Morgan fingerprint density at radius 3 is 3.00 bits per heavy atom. The van der Waals surface area contributed by atoms with E-state index in [1.165, 1.54) is 0 Å². The summed E-state index contributed by atoms with van der Waals surface area (Å²) in [5.41, 5.74) is 3.43. The van der Waals surface area contributed by atoms with E-state index in [1.807, 2.05) is 0 Å². The molecule has 1 N–H and O–H groups in total. The molecule has 0 fully saturated rings. The van der Waals surface area contributed by atoms with Crippen LogP contribution in [0.2, 0.25) is 0 Å². The van der Waals surface area contributed by atoms with Crippen LogP contribution in [0.25, 0.3) is 0 Å². The number of nitrogens with zero attached hydrogens (tertiary/aromatic N) is 1. The number of hydrogen-bond acceptors (Lipinski definition) is 2. The minimum atomic E-state index is 0.00723. The van der Waals surface area contributed by atoms with E-state index >= 15 is 0 Å². The smallest absolute Gasteiger partial charge is 0.240 e. The van der Waals surface area contributed by atoms with Gasteiger partial charge in [0.2, 0.25) is 5.91 Å². The van der Waals surface area contributed by atoms with Gasteiger partial charge in [-0.25, -0.2) is 5.43 Å². The van der Waals surface area contributed by atoms with Gasteiger partial charge >= 0.3 is 0 Å². The van der Waals surface area contributed by atoms with Crippen LogP contribution in [0.4, 0.5) is 0 Å². The summed E-state index contributed by atoms with van der Waals surface area (Å²) in [4.78, 5) is 10.6. The number of hydrogen-bond donors (Lipinski definition) is 1. The lowest BCUT2D eigenvalue weighted by atomic mass is 10.1. The third kappa shape index (κ3) is 1.69. The third-order valence-corrected chi connectivity index (χ3v) is 1.36. The lowest BCUT2D eigenvalue weighted by molar-refractivity contribution is -0.121. The van der Waals surface area contributed by atoms with Gasteiger partial charge in [-0.05, 0) is 6.42 Å². The summed E-state index contributed by atoms with van der Waals surface area (Å²) in [5.74, 6) is 0.00723. The largest absolute Gasteiger partial charge is 0.273 e. The molecule has 0 atom stereocenters. The summed E-state index contributed by atoms with van der Waals surface area (Å²) >= 11 is 0. The molecule has 3 heteroatoms. The first-order chi connectivity index (χ1) is 4.83. The highest BCUT2D eigenvalue weighted by Gasteiger charge is 2.08. The van der Waals surface area contributed by atoms with Crippen molar-refractivity contribution in [2.24, 2.45) is 5.10 Å². The maximum atomic E-state index is 10.6. The van der Waals surface area contributed by atoms with Crippen molar-refractivity contribution in [2.45, 2.75) is 19.3 Å². The van der Waals surface area contributed by atoms with Crippen LogP contribution in [0.3, 0.4) is 0 Å². The number of carbonyl (C=O) groups excluding carboxylic acids is 1. The van der Waals surface area contributed by atoms with Crippen LogP contribution in [-0.2, 0) is 4.79 Å². The molecule has 0 aliphatic carbocycles. The molecule has 0 saturated carbocycles. The van der Waals surface area contributed by atoms with Crippen molar-refractivity contribution >= 4 is 11.6 Å². The van der Waals surface area contributed by atoms with Gasteiger partial charge in [0.05, 0.1) is 0 Å². The fourth-order valence-electron chi connectivity index (χ4n) is 0.825. The zero-order chi connectivity index (χ0) is 7.40. The number of carbonyl (C=O) groups is 1. The van der Waals surface area contributed by atoms with Gasteiger partial charge in [0, 0.05) is 18.6 Å². The molecule has 0 aromatic heterocycles. The van der Waals surface area contributed by atoms with Crippen LogP contribution < -0.4 is 5.43 Å². The summed E-state index contributed by atoms with van der Waals surface area (Å²) in [6.07, 6.45) is 3.90. The standard InChI is InChI=1S/C7H10N2O/c1-2-3-6-4-5-7(10)9-8-6/h2H,1,3-5H2,(H,9,10). The summed E-state index contributed by atoms with van der Waals surface area (Å²) in [6, 6.07) is 0. The highest BCUT2D eigenvalue weighted by Crippen LogP contribution is 2.02. The molecule has 3 nitrogen and oxygen atoms in total. The molecule has 0 aromatic rings. The number of allylic oxidation sites excluding steroid dienone is 1. The number of nitrogens with one attached hydrogen (secondary N) is 1. The van der Waals surface area contributed by atoms with Crippen molar-refractivity contribution in [3.8, 4) is 0 Å². The molecule has 1 amide bonds. The molecule has 10 heavy (non-hydrogen) atoms. The van der Waals surface area contributed by atoms with Crippen LogP contribution in [0, 0.1) is 0 Å². The van der Waals surface area contributed by atoms with Crippen molar-refractivity contribution < 1.29 is 4.79 Å². The van der Waals surface area contributed by atoms with Crippen LogP contribution in [0.15, 0.2) is 17.8 Å². The Morgan fingerprint density at radius 2 is 2.50 bits per heavy atom. The number of hydrazone groups is 1. The van der Waals surface area contributed by atoms with E-state index in [0.717, 1.165) is 18.6 Å². The SMILES string of the molecule is C=CCC1=NNC(=O)CC1. The fourth-order valence-corrected chi connectivity index (χ4v) is 0.825. The van der Waals surface area contributed by atoms with Gasteiger partial charge in [0.15, 0.2) is 0 Å². The molecular weight excluding hydrogens is 128 g/mol. The van der Waals surface area contributed by atoms with Crippen LogP contribution in [0.1, 0.15) is 19.3 Å². The zero-order valence-corrected chi connectivity index (χ0v) is 5.76. The van der Waals surface area contributed by atoms with E-state index in [1.54, 1.807) is 6.08 Å². The highest BCUT2D eigenvalue weighted by atomic mass is 16.2. The molecule has 0 radical (unpaired) electrons. The van der Waals surface area contributed by atoms with E-state index in [9.17, 15) is 4.79 Å². The lowest BCUT2D eigenvalue weighted by Gasteiger charge is -2.09. The Morgan fingerprint density at radius 1 is 1.70 bits per heavy atom. The van der Waals surface area contributed by atoms with Gasteiger partial charge in [-0.2, -0.15) is 5.10 Å². The van der Waals surface area contributed by atoms with E-state index < -0.39 is 0 Å². The van der Waals surface area contributed by atoms with Crippen LogP contribution in [-0.4, -0.2) is 11.6 Å². The summed E-state index contributed by atoms with van der Waals surface area (Å²) in [7, 11) is 0. The van der Waals surface area contributed by atoms with Crippen molar-refractivity contribution in [3.05, 3.63) is 12.7 Å². The monoisotopic (exact) mass is 138 g/mol. The highest BCUT2D eigenvalue weighted by molar-refractivity contribution is 5.93. The minimum Gasteiger partial charge on any atom is -0.273 e. The van der Waals surface area contributed by atoms with Crippen LogP contribution in [0.5, 0.6) is 0 Å². The maximum absolute atomic E-state index is 10.6. The van der Waals surface area contributed by atoms with Gasteiger partial charge in [0.1, 0.15) is 0 Å². The fraction of sp³-hybridized carbons (Fsp3) is 0.429. The summed E-state index contributed by atoms with van der Waals surface area (Å²) in [5, 5.41) is 3.85. The quantitative estimate of drug-likeness (QED) is 0.564. The van der Waals surface area contributed by atoms with Crippen molar-refractivity contribution in [3.63, 3.8) is 0 Å². The third-order valence-electron chi connectivity index (χ3n) is 1.36. The first-order valence-corrected chi connectivity index (χ1v) is 3.28. The molecule has 0 bridgehead atoms. The topological polar surface area (TPSA) is 41.5 Å². The molecule has 0 saturated heterocycles. The molecule has 1 aliphatic rings. The molecule has 0 unspecified atom stereocenters. The molecule has 54 valence electrons. The second-order valence-electron chi connectivity index (χ2n) is 2.21. The maximum Gasteiger partial charge on any atom is 0.240 e. The Labute approximate surface area is 59.8 Å². The first kappa shape index (κ1) is 6.99. The predicted octanol–water partition coefficient (Wildman–Crippen LogP) is 0.829. The van der Waals surface area contributed by atoms with E-state index in [4.69, 9.17) is 0 Å². The Balaban J connectivity index is 2.47. The molecular formula is C7H10N2O.